The lowest BCUT2D eigenvalue weighted by Crippen LogP contribution is -2.10. The van der Waals surface area contributed by atoms with Crippen molar-refractivity contribution in [2.45, 2.75) is 0 Å². The van der Waals surface area contributed by atoms with Crippen molar-refractivity contribution in [3.05, 3.63) is 170 Å². The van der Waals surface area contributed by atoms with Crippen LogP contribution in [0.3, 0.4) is 0 Å². The van der Waals surface area contributed by atoms with Crippen molar-refractivity contribution in [2.24, 2.45) is 0 Å². The van der Waals surface area contributed by atoms with Crippen LogP contribution in [0.2, 0.25) is 0 Å². The summed E-state index contributed by atoms with van der Waals surface area (Å²) in [7, 11) is 0. The molecule has 2 aliphatic rings. The van der Waals surface area contributed by atoms with Crippen LogP contribution in [-0.2, 0) is 0 Å². The number of nitrogens with zero attached hydrogens (tertiary/aromatic N) is 2. The van der Waals surface area contributed by atoms with Crippen LogP contribution in [0, 0.1) is 0 Å². The highest BCUT2D eigenvalue weighted by Crippen LogP contribution is 2.50. The molecule has 60 heavy (non-hydrogen) atoms. The number of hydrogen-bond donors (Lipinski definition) is 0. The van der Waals surface area contributed by atoms with Gasteiger partial charge < -0.3 is 37.6 Å². The van der Waals surface area contributed by atoms with E-state index in [-0.39, 0.29) is 13.6 Å². The molecule has 13 rings (SSSR count). The van der Waals surface area contributed by atoms with E-state index in [0.29, 0.717) is 22.7 Å². The molecule has 0 spiro atoms. The van der Waals surface area contributed by atoms with Crippen LogP contribution < -0.4 is 28.7 Å². The van der Waals surface area contributed by atoms with E-state index in [4.69, 9.17) is 27.8 Å². The summed E-state index contributed by atoms with van der Waals surface area (Å²) < 4.78 is 37.1. The Balaban J connectivity index is 1.06. The number of benzene rings is 9. The maximum Gasteiger partial charge on any atom is 0.231 e. The summed E-state index contributed by atoms with van der Waals surface area (Å²) in [5.74, 6) is 2.90. The topological polar surface area (TPSA) is 69.7 Å². The molecule has 9 aromatic carbocycles. The van der Waals surface area contributed by atoms with Crippen molar-refractivity contribution >= 4 is 99.5 Å². The number of para-hydroxylation sites is 2. The third kappa shape index (κ3) is 4.85. The van der Waals surface area contributed by atoms with Gasteiger partial charge in [0.05, 0.1) is 22.7 Å². The normalized spacial score (nSPS) is 13.1. The summed E-state index contributed by atoms with van der Waals surface area (Å²) in [4.78, 5) is 4.50. The fourth-order valence-corrected chi connectivity index (χ4v) is 9.19. The monoisotopic (exact) mass is 780 g/mol. The molecule has 0 radical (unpaired) electrons. The lowest BCUT2D eigenvalue weighted by molar-refractivity contribution is 0.173. The van der Waals surface area contributed by atoms with Gasteiger partial charge in [-0.2, -0.15) is 0 Å². The second kappa shape index (κ2) is 12.7. The Morgan fingerprint density at radius 2 is 0.717 bits per heavy atom. The molecule has 0 saturated heterocycles. The van der Waals surface area contributed by atoms with Gasteiger partial charge in [0.1, 0.15) is 11.2 Å². The molecule has 0 amide bonds. The predicted molar refractivity (Wildman–Crippen MR) is 238 cm³/mol. The molecular formula is C52H32N2O6. The number of anilines is 6. The van der Waals surface area contributed by atoms with Gasteiger partial charge in [0.25, 0.3) is 0 Å². The fraction of sp³-hybridized carbons (Fsp3) is 0.0385. The quantitative estimate of drug-likeness (QED) is 0.165. The summed E-state index contributed by atoms with van der Waals surface area (Å²) >= 11 is 0. The van der Waals surface area contributed by atoms with Crippen molar-refractivity contribution < 1.29 is 27.8 Å². The van der Waals surface area contributed by atoms with E-state index in [1.807, 2.05) is 36.4 Å². The van der Waals surface area contributed by atoms with Crippen molar-refractivity contribution in [2.75, 3.05) is 23.4 Å². The average molecular weight is 781 g/mol. The first-order valence-corrected chi connectivity index (χ1v) is 19.9. The molecule has 8 heteroatoms. The summed E-state index contributed by atoms with van der Waals surface area (Å²) in [5.41, 5.74) is 8.78. The Bertz CT molecular complexity index is 3290. The van der Waals surface area contributed by atoms with Gasteiger partial charge in [-0.25, -0.2) is 0 Å². The van der Waals surface area contributed by atoms with Gasteiger partial charge in [-0.15, -0.1) is 0 Å². The highest BCUT2D eigenvalue weighted by Gasteiger charge is 2.26. The Morgan fingerprint density at radius 3 is 1.17 bits per heavy atom. The van der Waals surface area contributed by atoms with Gasteiger partial charge in [0, 0.05) is 68.0 Å². The molecule has 0 saturated carbocycles. The van der Waals surface area contributed by atoms with Crippen molar-refractivity contribution in [1.29, 1.82) is 0 Å². The van der Waals surface area contributed by atoms with E-state index < -0.39 is 0 Å². The molecule has 2 aliphatic heterocycles. The highest BCUT2D eigenvalue weighted by atomic mass is 16.7. The van der Waals surface area contributed by atoms with E-state index in [2.05, 4.69) is 143 Å². The van der Waals surface area contributed by atoms with Crippen molar-refractivity contribution in [3.8, 4) is 23.0 Å². The minimum Gasteiger partial charge on any atom is -0.454 e. The van der Waals surface area contributed by atoms with E-state index in [9.17, 15) is 0 Å². The minimum atomic E-state index is 0.205. The van der Waals surface area contributed by atoms with Crippen LogP contribution in [0.1, 0.15) is 0 Å². The SMILES string of the molecule is c1ccc(N(c2ccc3c(c2)OCO3)c2cc3oc4c(ccc5c4oc4cc(N(c6ccccc6)c6ccc7c(c6)OCO7)c6ccccc6c45)c3c3ccccc23)cc1. The number of fused-ring (bicyclic) bond motifs is 13. The lowest BCUT2D eigenvalue weighted by atomic mass is 9.98. The zero-order chi connectivity index (χ0) is 39.3. The molecule has 2 aromatic heterocycles. The second-order valence-electron chi connectivity index (χ2n) is 15.1. The molecule has 0 fully saturated rings. The van der Waals surface area contributed by atoms with Crippen molar-refractivity contribution in [1.82, 2.24) is 0 Å². The van der Waals surface area contributed by atoms with Gasteiger partial charge >= 0.3 is 0 Å². The standard InChI is InChI=1S/C52H32N2O6/c1-3-11-31(12-4-1)53(33-19-23-43-45(25-33)57-29-55-43)41-27-47-49(37-17-9-7-15-35(37)41)39-21-22-40-50-38-18-10-8-16-36(38)42(28-48(50)60-52(40)51(39)59-47)54(32-13-5-2-6-14-32)34-20-24-44-46(26-34)58-30-56-44/h1-28H,29-30H2. The molecule has 11 aromatic rings. The van der Waals surface area contributed by atoms with Gasteiger partial charge in [0.2, 0.25) is 13.6 Å². The van der Waals surface area contributed by atoms with Crippen LogP contribution in [0.5, 0.6) is 23.0 Å². The van der Waals surface area contributed by atoms with E-state index in [1.54, 1.807) is 0 Å². The smallest absolute Gasteiger partial charge is 0.231 e. The summed E-state index contributed by atoms with van der Waals surface area (Å²) in [6.45, 7) is 0.410. The van der Waals surface area contributed by atoms with Crippen LogP contribution in [0.4, 0.5) is 34.1 Å². The fourth-order valence-electron chi connectivity index (χ4n) is 9.19. The number of ether oxygens (including phenoxy) is 4. The first-order chi connectivity index (χ1) is 29.7. The Labute approximate surface area is 342 Å². The molecule has 0 aliphatic carbocycles. The zero-order valence-electron chi connectivity index (χ0n) is 31.9. The Kier molecular flexibility index (Phi) is 6.97. The third-order valence-corrected chi connectivity index (χ3v) is 11.8. The Hall–Kier alpha value is -8.10. The van der Waals surface area contributed by atoms with Crippen LogP contribution in [0.25, 0.3) is 65.4 Å². The molecule has 4 heterocycles. The van der Waals surface area contributed by atoms with Gasteiger partial charge in [-0.1, -0.05) is 84.9 Å². The Morgan fingerprint density at radius 1 is 0.317 bits per heavy atom. The average Bonchev–Trinajstić information content (AvgIpc) is 4.12. The second-order valence-corrected chi connectivity index (χ2v) is 15.1. The van der Waals surface area contributed by atoms with Crippen LogP contribution in [0.15, 0.2) is 179 Å². The lowest BCUT2D eigenvalue weighted by Gasteiger charge is -2.27. The van der Waals surface area contributed by atoms with E-state index in [0.717, 1.165) is 99.9 Å². The maximum absolute atomic E-state index is 7.01. The molecule has 286 valence electrons. The molecule has 8 nitrogen and oxygen atoms in total. The first kappa shape index (κ1) is 32.9. The van der Waals surface area contributed by atoms with E-state index >= 15 is 0 Å². The molecule has 0 bridgehead atoms. The number of rotatable bonds is 6. The van der Waals surface area contributed by atoms with Gasteiger partial charge in [-0.05, 0) is 71.4 Å². The summed E-state index contributed by atoms with van der Waals surface area (Å²) in [6.07, 6.45) is 0. The first-order valence-electron chi connectivity index (χ1n) is 19.9. The maximum atomic E-state index is 7.01. The predicted octanol–water partition coefficient (Wildman–Crippen LogP) is 14.2. The third-order valence-electron chi connectivity index (χ3n) is 11.8. The van der Waals surface area contributed by atoms with E-state index in [1.165, 1.54) is 0 Å². The zero-order valence-corrected chi connectivity index (χ0v) is 31.9. The largest absolute Gasteiger partial charge is 0.454 e. The molecule has 0 atom stereocenters. The van der Waals surface area contributed by atoms with Crippen LogP contribution in [-0.4, -0.2) is 13.6 Å². The van der Waals surface area contributed by atoms with Gasteiger partial charge in [0.15, 0.2) is 34.2 Å². The highest BCUT2D eigenvalue weighted by molar-refractivity contribution is 6.29. The number of furan rings is 2. The van der Waals surface area contributed by atoms with Gasteiger partial charge in [-0.3, -0.25) is 0 Å². The summed E-state index contributed by atoms with van der Waals surface area (Å²) in [5, 5.41) is 8.38. The molecular weight excluding hydrogens is 749 g/mol. The van der Waals surface area contributed by atoms with Crippen molar-refractivity contribution in [3.63, 3.8) is 0 Å². The number of hydrogen-bond acceptors (Lipinski definition) is 8. The summed E-state index contributed by atoms with van der Waals surface area (Å²) in [6, 6.07) is 58.6. The molecule has 0 unspecified atom stereocenters. The van der Waals surface area contributed by atoms with Crippen LogP contribution >= 0.6 is 0 Å². The molecule has 0 N–H and O–H groups in total. The minimum absolute atomic E-state index is 0.205.